The van der Waals surface area contributed by atoms with Crippen LogP contribution < -0.4 is 0 Å². The smallest absolute Gasteiger partial charge is 0.242 e. The molecule has 0 N–H and O–H groups in total. The fourth-order valence-electron chi connectivity index (χ4n) is 1.60. The predicted molar refractivity (Wildman–Crippen MR) is 61.4 cm³/mol. The first-order valence-electron chi connectivity index (χ1n) is 5.61. The van der Waals surface area contributed by atoms with Crippen molar-refractivity contribution in [2.45, 2.75) is 29.5 Å². The van der Waals surface area contributed by atoms with Crippen molar-refractivity contribution >= 4 is 9.84 Å². The van der Waals surface area contributed by atoms with Gasteiger partial charge < -0.3 is 4.52 Å². The van der Waals surface area contributed by atoms with Crippen molar-refractivity contribution in [1.29, 1.82) is 0 Å². The standard InChI is InChI=1S/C11H11N3O3S/c15-18(16,10-3-1-2-6-12-10)7-9-13-11(14-17-9)8-4-5-8/h1-3,6,8H,4-5,7H2. The van der Waals surface area contributed by atoms with Crippen LogP contribution in [0.15, 0.2) is 33.9 Å². The molecule has 6 nitrogen and oxygen atoms in total. The van der Waals surface area contributed by atoms with Crippen molar-refractivity contribution in [3.63, 3.8) is 0 Å². The number of nitrogens with zero attached hydrogens (tertiary/aromatic N) is 3. The lowest BCUT2D eigenvalue weighted by Gasteiger charge is -1.98. The summed E-state index contributed by atoms with van der Waals surface area (Å²) in [4.78, 5) is 7.92. The quantitative estimate of drug-likeness (QED) is 0.828. The zero-order chi connectivity index (χ0) is 12.6. The van der Waals surface area contributed by atoms with Crippen LogP contribution in [-0.2, 0) is 15.6 Å². The number of aromatic nitrogens is 3. The highest BCUT2D eigenvalue weighted by Gasteiger charge is 2.30. The minimum absolute atomic E-state index is 0.0242. The van der Waals surface area contributed by atoms with E-state index >= 15 is 0 Å². The van der Waals surface area contributed by atoms with Crippen LogP contribution in [0.25, 0.3) is 0 Å². The lowest BCUT2D eigenvalue weighted by atomic mass is 10.4. The number of pyridine rings is 1. The van der Waals surface area contributed by atoms with E-state index in [1.807, 2.05) is 0 Å². The monoisotopic (exact) mass is 265 g/mol. The molecule has 0 bridgehead atoms. The Morgan fingerprint density at radius 1 is 1.33 bits per heavy atom. The van der Waals surface area contributed by atoms with Crippen molar-refractivity contribution in [1.82, 2.24) is 15.1 Å². The van der Waals surface area contributed by atoms with Gasteiger partial charge in [-0.25, -0.2) is 13.4 Å². The summed E-state index contributed by atoms with van der Waals surface area (Å²) >= 11 is 0. The molecule has 0 atom stereocenters. The molecule has 1 fully saturated rings. The third-order valence-corrected chi connectivity index (χ3v) is 4.20. The number of hydrogen-bond acceptors (Lipinski definition) is 6. The summed E-state index contributed by atoms with van der Waals surface area (Å²) < 4.78 is 29.0. The Morgan fingerprint density at radius 2 is 2.17 bits per heavy atom. The largest absolute Gasteiger partial charge is 0.338 e. The van der Waals surface area contributed by atoms with Crippen molar-refractivity contribution in [3.8, 4) is 0 Å². The summed E-state index contributed by atoms with van der Waals surface area (Å²) in [7, 11) is -3.51. The minimum Gasteiger partial charge on any atom is -0.338 e. The van der Waals surface area contributed by atoms with Gasteiger partial charge in [-0.05, 0) is 25.0 Å². The van der Waals surface area contributed by atoms with Crippen LogP contribution in [0.1, 0.15) is 30.5 Å². The topological polar surface area (TPSA) is 86.0 Å². The highest BCUT2D eigenvalue weighted by atomic mass is 32.2. The first-order chi connectivity index (χ1) is 8.65. The molecule has 1 aliphatic carbocycles. The summed E-state index contributed by atoms with van der Waals surface area (Å²) in [5, 5.41) is 3.81. The maximum Gasteiger partial charge on any atom is 0.242 e. The van der Waals surface area contributed by atoms with E-state index in [0.29, 0.717) is 11.7 Å². The van der Waals surface area contributed by atoms with Crippen LogP contribution in [0.5, 0.6) is 0 Å². The normalized spacial score (nSPS) is 15.8. The van der Waals surface area contributed by atoms with E-state index in [2.05, 4.69) is 15.1 Å². The molecule has 0 aliphatic heterocycles. The van der Waals surface area contributed by atoms with Crippen LogP contribution in [0.2, 0.25) is 0 Å². The van der Waals surface area contributed by atoms with Crippen molar-refractivity contribution < 1.29 is 12.9 Å². The molecule has 0 saturated heterocycles. The van der Waals surface area contributed by atoms with Crippen LogP contribution >= 0.6 is 0 Å². The number of sulfone groups is 1. The van der Waals surface area contributed by atoms with E-state index in [4.69, 9.17) is 4.52 Å². The van der Waals surface area contributed by atoms with Gasteiger partial charge in [0.15, 0.2) is 10.9 Å². The molecule has 1 aliphatic rings. The van der Waals surface area contributed by atoms with Gasteiger partial charge >= 0.3 is 0 Å². The molecule has 94 valence electrons. The molecule has 0 amide bonds. The average Bonchev–Trinajstić information content (AvgIpc) is 3.12. The molecule has 3 rings (SSSR count). The van der Waals surface area contributed by atoms with Crippen molar-refractivity contribution in [2.75, 3.05) is 0 Å². The summed E-state index contributed by atoms with van der Waals surface area (Å²) in [6, 6.07) is 4.74. The lowest BCUT2D eigenvalue weighted by molar-refractivity contribution is 0.382. The third-order valence-electron chi connectivity index (χ3n) is 2.70. The Kier molecular flexibility index (Phi) is 2.62. The molecule has 1 saturated carbocycles. The second-order valence-corrected chi connectivity index (χ2v) is 6.18. The van der Waals surface area contributed by atoms with E-state index in [0.717, 1.165) is 12.8 Å². The molecule has 18 heavy (non-hydrogen) atoms. The van der Waals surface area contributed by atoms with Gasteiger partial charge in [-0.3, -0.25) is 0 Å². The molecule has 0 unspecified atom stereocenters. The summed E-state index contributed by atoms with van der Waals surface area (Å²) in [6.07, 6.45) is 3.54. The maximum atomic E-state index is 12.0. The van der Waals surface area contributed by atoms with E-state index in [9.17, 15) is 8.42 Å². The lowest BCUT2D eigenvalue weighted by Crippen LogP contribution is -2.07. The van der Waals surface area contributed by atoms with Gasteiger partial charge in [0, 0.05) is 12.1 Å². The van der Waals surface area contributed by atoms with Gasteiger partial charge in [0.2, 0.25) is 15.7 Å². The highest BCUT2D eigenvalue weighted by Crippen LogP contribution is 2.38. The molecular formula is C11H11N3O3S. The SMILES string of the molecule is O=S(=O)(Cc1nc(C2CC2)no1)c1ccccn1. The van der Waals surface area contributed by atoms with Gasteiger partial charge in [0.25, 0.3) is 0 Å². The molecule has 0 aromatic carbocycles. The second kappa shape index (κ2) is 4.16. The Bertz CT molecular complexity index is 647. The summed E-state index contributed by atoms with van der Waals surface area (Å²) in [6.45, 7) is 0. The van der Waals surface area contributed by atoms with Crippen LogP contribution in [-0.4, -0.2) is 23.5 Å². The molecule has 2 heterocycles. The molecule has 2 aromatic heterocycles. The fraction of sp³-hybridized carbons (Fsp3) is 0.364. The van der Waals surface area contributed by atoms with Crippen LogP contribution in [0.3, 0.4) is 0 Å². The van der Waals surface area contributed by atoms with E-state index in [-0.39, 0.29) is 16.7 Å². The van der Waals surface area contributed by atoms with Gasteiger partial charge in [-0.1, -0.05) is 11.2 Å². The number of hydrogen-bond donors (Lipinski definition) is 0. The van der Waals surface area contributed by atoms with E-state index in [1.165, 1.54) is 12.3 Å². The number of rotatable bonds is 4. The summed E-state index contributed by atoms with van der Waals surface area (Å²) in [5.41, 5.74) is 0. The zero-order valence-corrected chi connectivity index (χ0v) is 10.3. The fourth-order valence-corrected chi connectivity index (χ4v) is 2.70. The van der Waals surface area contributed by atoms with Crippen LogP contribution in [0, 0.1) is 0 Å². The third kappa shape index (κ3) is 2.26. The Hall–Kier alpha value is -1.76. The van der Waals surface area contributed by atoms with Crippen molar-refractivity contribution in [3.05, 3.63) is 36.1 Å². The first-order valence-corrected chi connectivity index (χ1v) is 7.27. The second-order valence-electron chi connectivity index (χ2n) is 4.25. The summed E-state index contributed by atoms with van der Waals surface area (Å²) in [5.74, 6) is 0.785. The molecule has 7 heteroatoms. The Balaban J connectivity index is 1.82. The van der Waals surface area contributed by atoms with E-state index in [1.54, 1.807) is 12.1 Å². The predicted octanol–water partition coefficient (Wildman–Crippen LogP) is 1.32. The van der Waals surface area contributed by atoms with Gasteiger partial charge in [0.05, 0.1) is 0 Å². The molecule has 2 aromatic rings. The average molecular weight is 265 g/mol. The Labute approximate surface area is 104 Å². The van der Waals surface area contributed by atoms with Gasteiger partial charge in [0.1, 0.15) is 5.75 Å². The van der Waals surface area contributed by atoms with Gasteiger partial charge in [-0.15, -0.1) is 0 Å². The first kappa shape index (κ1) is 11.3. The van der Waals surface area contributed by atoms with Gasteiger partial charge in [-0.2, -0.15) is 4.98 Å². The van der Waals surface area contributed by atoms with Crippen molar-refractivity contribution in [2.24, 2.45) is 0 Å². The minimum atomic E-state index is -3.51. The molecule has 0 spiro atoms. The highest BCUT2D eigenvalue weighted by molar-refractivity contribution is 7.90. The Morgan fingerprint density at radius 3 is 2.83 bits per heavy atom. The van der Waals surface area contributed by atoms with E-state index < -0.39 is 9.84 Å². The zero-order valence-electron chi connectivity index (χ0n) is 9.48. The van der Waals surface area contributed by atoms with Crippen LogP contribution in [0.4, 0.5) is 0 Å². The molecular weight excluding hydrogens is 254 g/mol. The molecule has 0 radical (unpaired) electrons. The maximum absolute atomic E-state index is 12.0.